The number of hydrogen-bond donors (Lipinski definition) is 0. The summed E-state index contributed by atoms with van der Waals surface area (Å²) in [5.74, 6) is 0. The fraction of sp³-hybridized carbons (Fsp3) is 0.333. The molecule has 1 aromatic carbocycles. The van der Waals surface area contributed by atoms with Gasteiger partial charge in [0.15, 0.2) is 0 Å². The van der Waals surface area contributed by atoms with Crippen LogP contribution in [-0.4, -0.2) is 4.92 Å². The summed E-state index contributed by atoms with van der Waals surface area (Å²) in [5, 5.41) is 12.2. The van der Waals surface area contributed by atoms with Crippen LogP contribution in [0.4, 0.5) is 5.69 Å². The van der Waals surface area contributed by atoms with Gasteiger partial charge in [-0.2, -0.15) is 0 Å². The Morgan fingerprint density at radius 1 is 1.27 bits per heavy atom. The number of benzene rings is 1. The summed E-state index contributed by atoms with van der Waals surface area (Å²) in [6, 6.07) is 3.74. The lowest BCUT2D eigenvalue weighted by atomic mass is 10.1. The van der Waals surface area contributed by atoms with E-state index in [9.17, 15) is 10.1 Å². The molecular formula is C9H8Br2INO2. The predicted octanol–water partition coefficient (Wildman–Crippen LogP) is 4.32. The van der Waals surface area contributed by atoms with Crippen molar-refractivity contribution in [1.29, 1.82) is 0 Å². The van der Waals surface area contributed by atoms with Crippen LogP contribution in [0.25, 0.3) is 0 Å². The van der Waals surface area contributed by atoms with E-state index in [1.165, 1.54) is 0 Å². The molecule has 0 aliphatic carbocycles. The van der Waals surface area contributed by atoms with Crippen molar-refractivity contribution in [2.45, 2.75) is 15.1 Å². The van der Waals surface area contributed by atoms with E-state index in [0.717, 1.165) is 16.7 Å². The smallest absolute Gasteiger partial charge is 0.258 e. The number of hydrogen-bond acceptors (Lipinski definition) is 2. The van der Waals surface area contributed by atoms with Crippen molar-refractivity contribution < 1.29 is 4.92 Å². The molecule has 1 rings (SSSR count). The second-order valence-electron chi connectivity index (χ2n) is 2.92. The third kappa shape index (κ3) is 3.13. The molecule has 0 saturated heterocycles. The Morgan fingerprint density at radius 2 is 1.87 bits per heavy atom. The first kappa shape index (κ1) is 13.4. The van der Waals surface area contributed by atoms with Gasteiger partial charge >= 0.3 is 0 Å². The first-order valence-electron chi connectivity index (χ1n) is 4.11. The van der Waals surface area contributed by atoms with Gasteiger partial charge in [0.2, 0.25) is 0 Å². The van der Waals surface area contributed by atoms with Crippen LogP contribution in [0.15, 0.2) is 12.1 Å². The number of nitrogens with zero attached hydrogens (tertiary/aromatic N) is 1. The van der Waals surface area contributed by atoms with Crippen molar-refractivity contribution in [2.75, 3.05) is 0 Å². The van der Waals surface area contributed by atoms with Crippen molar-refractivity contribution >= 4 is 60.1 Å². The number of alkyl halides is 3. The maximum Gasteiger partial charge on any atom is 0.277 e. The molecule has 0 radical (unpaired) electrons. The molecule has 82 valence electrons. The van der Waals surface area contributed by atoms with Crippen LogP contribution >= 0.6 is 54.5 Å². The molecule has 0 bridgehead atoms. The lowest BCUT2D eigenvalue weighted by Gasteiger charge is -2.06. The van der Waals surface area contributed by atoms with E-state index in [1.807, 2.05) is 12.1 Å². The Labute approximate surface area is 118 Å². The van der Waals surface area contributed by atoms with Gasteiger partial charge in [0.1, 0.15) is 0 Å². The predicted molar refractivity (Wildman–Crippen MR) is 76.1 cm³/mol. The number of nitro benzene ring substituents is 1. The minimum absolute atomic E-state index is 0.242. The van der Waals surface area contributed by atoms with Crippen LogP contribution in [0, 0.1) is 10.1 Å². The minimum atomic E-state index is -0.303. The highest BCUT2D eigenvalue weighted by Crippen LogP contribution is 2.30. The van der Waals surface area contributed by atoms with Gasteiger partial charge in [0, 0.05) is 26.2 Å². The first-order chi connectivity index (χ1) is 7.13. The molecule has 0 aliphatic heterocycles. The topological polar surface area (TPSA) is 43.1 Å². The zero-order valence-electron chi connectivity index (χ0n) is 7.67. The summed E-state index contributed by atoms with van der Waals surface area (Å²) in [6.07, 6.45) is 0. The van der Waals surface area contributed by atoms with E-state index < -0.39 is 0 Å². The molecule has 0 saturated carbocycles. The lowest BCUT2D eigenvalue weighted by Crippen LogP contribution is -1.99. The minimum Gasteiger partial charge on any atom is -0.258 e. The van der Waals surface area contributed by atoms with Gasteiger partial charge in [0.05, 0.1) is 4.92 Å². The quantitative estimate of drug-likeness (QED) is 0.298. The molecule has 0 aromatic heterocycles. The van der Waals surface area contributed by atoms with Gasteiger partial charge in [-0.05, 0) is 17.7 Å². The Morgan fingerprint density at radius 3 is 2.27 bits per heavy atom. The van der Waals surface area contributed by atoms with E-state index in [-0.39, 0.29) is 10.6 Å². The van der Waals surface area contributed by atoms with E-state index >= 15 is 0 Å². The SMILES string of the molecule is O=[N+]([O-])c1c(CBr)cc(CBr)cc1CI. The van der Waals surface area contributed by atoms with Crippen molar-refractivity contribution in [3.05, 3.63) is 38.9 Å². The van der Waals surface area contributed by atoms with Crippen molar-refractivity contribution in [1.82, 2.24) is 0 Å². The maximum atomic E-state index is 10.9. The third-order valence-electron chi connectivity index (χ3n) is 1.95. The lowest BCUT2D eigenvalue weighted by molar-refractivity contribution is -0.386. The van der Waals surface area contributed by atoms with Crippen LogP contribution in [0.1, 0.15) is 16.7 Å². The molecule has 3 nitrogen and oxygen atoms in total. The fourth-order valence-corrected chi connectivity index (χ4v) is 2.68. The Hall–Kier alpha value is 0.310. The molecule has 6 heteroatoms. The Bertz CT molecular complexity index is 359. The molecule has 0 fully saturated rings. The zero-order chi connectivity index (χ0) is 11.4. The van der Waals surface area contributed by atoms with Crippen LogP contribution in [0.3, 0.4) is 0 Å². The summed E-state index contributed by atoms with van der Waals surface area (Å²) in [6.45, 7) is 0. The molecule has 15 heavy (non-hydrogen) atoms. The number of halogens is 3. The normalized spacial score (nSPS) is 10.3. The molecule has 0 aliphatic rings. The molecule has 0 unspecified atom stereocenters. The maximum absolute atomic E-state index is 10.9. The van der Waals surface area contributed by atoms with Gasteiger partial charge in [-0.1, -0.05) is 54.5 Å². The fourth-order valence-electron chi connectivity index (χ4n) is 1.35. The van der Waals surface area contributed by atoms with Gasteiger partial charge in [-0.25, -0.2) is 0 Å². The third-order valence-corrected chi connectivity index (χ3v) is 4.03. The van der Waals surface area contributed by atoms with E-state index in [2.05, 4.69) is 54.5 Å². The average molecular weight is 449 g/mol. The van der Waals surface area contributed by atoms with Gasteiger partial charge in [0.25, 0.3) is 5.69 Å². The molecule has 1 aromatic rings. The van der Waals surface area contributed by atoms with Crippen LogP contribution in [0.5, 0.6) is 0 Å². The highest BCUT2D eigenvalue weighted by atomic mass is 127. The Kier molecular flexibility index (Phi) is 5.48. The van der Waals surface area contributed by atoms with Crippen molar-refractivity contribution in [3.63, 3.8) is 0 Å². The van der Waals surface area contributed by atoms with Crippen molar-refractivity contribution in [2.24, 2.45) is 0 Å². The molecular weight excluding hydrogens is 441 g/mol. The number of nitro groups is 1. The monoisotopic (exact) mass is 447 g/mol. The largest absolute Gasteiger partial charge is 0.277 e. The molecule has 0 spiro atoms. The summed E-state index contributed by atoms with van der Waals surface area (Å²) in [7, 11) is 0. The first-order valence-corrected chi connectivity index (χ1v) is 7.87. The molecule has 0 N–H and O–H groups in total. The second-order valence-corrected chi connectivity index (χ2v) is 4.80. The zero-order valence-corrected chi connectivity index (χ0v) is 13.0. The molecule has 0 heterocycles. The summed E-state index contributed by atoms with van der Waals surface area (Å²) in [5.41, 5.74) is 2.84. The Balaban J connectivity index is 3.39. The summed E-state index contributed by atoms with van der Waals surface area (Å²) < 4.78 is 0.648. The standard InChI is InChI=1S/C9H8Br2INO2/c10-3-6-1-7(4-11)9(13(14)15)8(2-6)5-12/h1-2H,3-5H2. The van der Waals surface area contributed by atoms with Gasteiger partial charge in [-0.3, -0.25) is 10.1 Å². The highest BCUT2D eigenvalue weighted by Gasteiger charge is 2.19. The van der Waals surface area contributed by atoms with E-state index in [4.69, 9.17) is 0 Å². The molecule has 0 amide bonds. The summed E-state index contributed by atoms with van der Waals surface area (Å²) in [4.78, 5) is 10.6. The molecule has 0 atom stereocenters. The van der Waals surface area contributed by atoms with Crippen LogP contribution < -0.4 is 0 Å². The highest BCUT2D eigenvalue weighted by molar-refractivity contribution is 14.1. The van der Waals surface area contributed by atoms with Crippen LogP contribution in [-0.2, 0) is 15.1 Å². The van der Waals surface area contributed by atoms with Gasteiger partial charge in [-0.15, -0.1) is 0 Å². The second kappa shape index (κ2) is 6.15. The van der Waals surface area contributed by atoms with Crippen LogP contribution in [0.2, 0.25) is 0 Å². The van der Waals surface area contributed by atoms with E-state index in [0.29, 0.717) is 15.1 Å². The van der Waals surface area contributed by atoms with E-state index in [1.54, 1.807) is 0 Å². The summed E-state index contributed by atoms with van der Waals surface area (Å²) >= 11 is 8.78. The average Bonchev–Trinajstić information content (AvgIpc) is 2.26. The number of rotatable bonds is 4. The van der Waals surface area contributed by atoms with Crippen molar-refractivity contribution in [3.8, 4) is 0 Å². The van der Waals surface area contributed by atoms with Gasteiger partial charge < -0.3 is 0 Å².